The van der Waals surface area contributed by atoms with Crippen LogP contribution in [0.25, 0.3) is 0 Å². The zero-order valence-corrected chi connectivity index (χ0v) is 12.1. The first-order chi connectivity index (χ1) is 10.1. The van der Waals surface area contributed by atoms with Crippen molar-refractivity contribution in [3.05, 3.63) is 35.1 Å². The summed E-state index contributed by atoms with van der Waals surface area (Å²) in [4.78, 5) is 16.2. The van der Waals surface area contributed by atoms with Gasteiger partial charge in [-0.3, -0.25) is 4.79 Å². The molecule has 5 heteroatoms. The summed E-state index contributed by atoms with van der Waals surface area (Å²) in [5, 5.41) is 8.70. The molecule has 1 aliphatic heterocycles. The fourth-order valence-corrected chi connectivity index (χ4v) is 2.17. The minimum Gasteiger partial charge on any atom is -0.395 e. The maximum Gasteiger partial charge on any atom is 0.256 e. The Bertz CT molecular complexity index is 569. The minimum absolute atomic E-state index is 0.0126. The Hall–Kier alpha value is -1.90. The second-order valence-corrected chi connectivity index (χ2v) is 5.07. The van der Waals surface area contributed by atoms with E-state index in [1.54, 1.807) is 11.0 Å². The molecule has 0 aliphatic carbocycles. The molecule has 0 radical (unpaired) electrons. The van der Waals surface area contributed by atoms with Crippen molar-refractivity contribution in [3.8, 4) is 11.8 Å². The summed E-state index contributed by atoms with van der Waals surface area (Å²) in [5.41, 5.74) is 0.651. The standard InChI is InChI=1S/C16H19FN2O2/c1-18-7-9-19(10-8-18)16(21)14-12-13(4-2-3-11-20)5-6-15(14)17/h5-6,12,20H,3,7-11H2,1H3. The van der Waals surface area contributed by atoms with E-state index in [9.17, 15) is 9.18 Å². The molecule has 1 fully saturated rings. The van der Waals surface area contributed by atoms with Crippen LogP contribution in [0, 0.1) is 17.7 Å². The second-order valence-electron chi connectivity index (χ2n) is 5.07. The van der Waals surface area contributed by atoms with Crippen LogP contribution in [0.5, 0.6) is 0 Å². The number of hydrogen-bond acceptors (Lipinski definition) is 3. The van der Waals surface area contributed by atoms with Crippen molar-refractivity contribution in [1.82, 2.24) is 9.80 Å². The predicted octanol–water partition coefficient (Wildman–Crippen LogP) is 0.947. The normalized spacial score (nSPS) is 15.5. The number of likely N-dealkylation sites (N-methyl/N-ethyl adjacent to an activating group) is 1. The molecule has 1 aromatic carbocycles. The van der Waals surface area contributed by atoms with Gasteiger partial charge in [0.1, 0.15) is 5.82 Å². The average Bonchev–Trinajstić information content (AvgIpc) is 2.49. The SMILES string of the molecule is CN1CCN(C(=O)c2cc(C#CCCO)ccc2F)CC1. The highest BCUT2D eigenvalue weighted by atomic mass is 19.1. The van der Waals surface area contributed by atoms with E-state index in [-0.39, 0.29) is 18.1 Å². The number of piperazine rings is 1. The molecule has 112 valence electrons. The van der Waals surface area contributed by atoms with Crippen LogP contribution in [0.3, 0.4) is 0 Å². The number of hydrogen-bond donors (Lipinski definition) is 1. The Labute approximate surface area is 124 Å². The first-order valence-corrected chi connectivity index (χ1v) is 6.99. The molecule has 0 bridgehead atoms. The second kappa shape index (κ2) is 7.21. The Balaban J connectivity index is 2.16. The smallest absolute Gasteiger partial charge is 0.256 e. The van der Waals surface area contributed by atoms with Crippen molar-refractivity contribution in [3.63, 3.8) is 0 Å². The summed E-state index contributed by atoms with van der Waals surface area (Å²) in [6.07, 6.45) is 0.360. The average molecular weight is 290 g/mol. The lowest BCUT2D eigenvalue weighted by Gasteiger charge is -2.32. The van der Waals surface area contributed by atoms with Crippen LogP contribution in [0.4, 0.5) is 4.39 Å². The van der Waals surface area contributed by atoms with Crippen LogP contribution < -0.4 is 0 Å². The first kappa shape index (κ1) is 15.5. The zero-order valence-electron chi connectivity index (χ0n) is 12.1. The van der Waals surface area contributed by atoms with Crippen LogP contribution in [0.1, 0.15) is 22.3 Å². The lowest BCUT2D eigenvalue weighted by atomic mass is 10.1. The van der Waals surface area contributed by atoms with Crippen molar-refractivity contribution in [2.45, 2.75) is 6.42 Å². The summed E-state index contributed by atoms with van der Waals surface area (Å²) in [5.74, 6) is 4.78. The number of amides is 1. The third-order valence-corrected chi connectivity index (χ3v) is 3.46. The Morgan fingerprint density at radius 1 is 1.33 bits per heavy atom. The van der Waals surface area contributed by atoms with Gasteiger partial charge in [-0.15, -0.1) is 0 Å². The van der Waals surface area contributed by atoms with Crippen LogP contribution in [-0.4, -0.2) is 60.6 Å². The van der Waals surface area contributed by atoms with E-state index in [2.05, 4.69) is 16.7 Å². The fraction of sp³-hybridized carbons (Fsp3) is 0.438. The number of aliphatic hydroxyl groups excluding tert-OH is 1. The number of benzene rings is 1. The van der Waals surface area contributed by atoms with Gasteiger partial charge >= 0.3 is 0 Å². The number of carbonyl (C=O) groups excluding carboxylic acids is 1. The number of carbonyl (C=O) groups is 1. The summed E-state index contributed by atoms with van der Waals surface area (Å²) in [6.45, 7) is 2.79. The molecule has 21 heavy (non-hydrogen) atoms. The van der Waals surface area contributed by atoms with Crippen molar-refractivity contribution in [2.24, 2.45) is 0 Å². The van der Waals surface area contributed by atoms with Crippen LogP contribution in [0.15, 0.2) is 18.2 Å². The van der Waals surface area contributed by atoms with Gasteiger partial charge in [0, 0.05) is 38.2 Å². The molecule has 2 rings (SSSR count). The summed E-state index contributed by atoms with van der Waals surface area (Å²) in [7, 11) is 2.00. The van der Waals surface area contributed by atoms with Crippen LogP contribution in [0.2, 0.25) is 0 Å². The molecular weight excluding hydrogens is 271 g/mol. The first-order valence-electron chi connectivity index (χ1n) is 6.99. The van der Waals surface area contributed by atoms with E-state index in [1.165, 1.54) is 12.1 Å². The molecule has 1 aliphatic rings. The Kier molecular flexibility index (Phi) is 5.32. The molecule has 1 amide bonds. The molecular formula is C16H19FN2O2. The maximum atomic E-state index is 13.9. The van der Waals surface area contributed by atoms with E-state index in [0.29, 0.717) is 25.1 Å². The number of halogens is 1. The predicted molar refractivity (Wildman–Crippen MR) is 78.4 cm³/mol. The van der Waals surface area contributed by atoms with E-state index in [4.69, 9.17) is 5.11 Å². The third-order valence-electron chi connectivity index (χ3n) is 3.46. The van der Waals surface area contributed by atoms with Crippen LogP contribution in [-0.2, 0) is 0 Å². The van der Waals surface area contributed by atoms with E-state index in [0.717, 1.165) is 13.1 Å². The van der Waals surface area contributed by atoms with Crippen LogP contribution >= 0.6 is 0 Å². The van der Waals surface area contributed by atoms with Gasteiger partial charge in [-0.25, -0.2) is 4.39 Å². The number of nitrogens with zero attached hydrogens (tertiary/aromatic N) is 2. The van der Waals surface area contributed by atoms with Gasteiger partial charge in [0.2, 0.25) is 0 Å². The minimum atomic E-state index is -0.522. The molecule has 0 spiro atoms. The summed E-state index contributed by atoms with van der Waals surface area (Å²) in [6, 6.07) is 4.30. The lowest BCUT2D eigenvalue weighted by Crippen LogP contribution is -2.47. The highest BCUT2D eigenvalue weighted by molar-refractivity contribution is 5.95. The van der Waals surface area contributed by atoms with E-state index >= 15 is 0 Å². The summed E-state index contributed by atoms with van der Waals surface area (Å²) < 4.78 is 13.9. The molecule has 0 atom stereocenters. The van der Waals surface area contributed by atoms with E-state index in [1.807, 2.05) is 7.05 Å². The van der Waals surface area contributed by atoms with Gasteiger partial charge in [-0.05, 0) is 25.2 Å². The molecule has 1 N–H and O–H groups in total. The molecule has 1 aromatic rings. The number of rotatable bonds is 2. The molecule has 0 aromatic heterocycles. The van der Waals surface area contributed by atoms with Gasteiger partial charge in [0.25, 0.3) is 5.91 Å². The third kappa shape index (κ3) is 4.03. The molecule has 1 heterocycles. The summed E-state index contributed by atoms with van der Waals surface area (Å²) >= 11 is 0. The highest BCUT2D eigenvalue weighted by Gasteiger charge is 2.22. The van der Waals surface area contributed by atoms with E-state index < -0.39 is 5.82 Å². The quantitative estimate of drug-likeness (QED) is 0.825. The van der Waals surface area contributed by atoms with Gasteiger partial charge < -0.3 is 14.9 Å². The van der Waals surface area contributed by atoms with Gasteiger partial charge in [0.05, 0.1) is 12.2 Å². The van der Waals surface area contributed by atoms with Gasteiger partial charge in [0.15, 0.2) is 0 Å². The molecule has 0 saturated carbocycles. The van der Waals surface area contributed by atoms with Crippen molar-refractivity contribution >= 4 is 5.91 Å². The zero-order chi connectivity index (χ0) is 15.2. The topological polar surface area (TPSA) is 43.8 Å². The van der Waals surface area contributed by atoms with Crippen molar-refractivity contribution < 1.29 is 14.3 Å². The molecule has 1 saturated heterocycles. The fourth-order valence-electron chi connectivity index (χ4n) is 2.17. The largest absolute Gasteiger partial charge is 0.395 e. The monoisotopic (exact) mass is 290 g/mol. The van der Waals surface area contributed by atoms with Crippen molar-refractivity contribution in [2.75, 3.05) is 39.8 Å². The maximum absolute atomic E-state index is 13.9. The number of aliphatic hydroxyl groups is 1. The van der Waals surface area contributed by atoms with Gasteiger partial charge in [-0.1, -0.05) is 11.8 Å². The Morgan fingerprint density at radius 3 is 2.71 bits per heavy atom. The van der Waals surface area contributed by atoms with Gasteiger partial charge in [-0.2, -0.15) is 0 Å². The highest BCUT2D eigenvalue weighted by Crippen LogP contribution is 2.14. The lowest BCUT2D eigenvalue weighted by molar-refractivity contribution is 0.0659. The Morgan fingerprint density at radius 2 is 2.05 bits per heavy atom. The van der Waals surface area contributed by atoms with Crippen molar-refractivity contribution in [1.29, 1.82) is 0 Å². The molecule has 0 unspecified atom stereocenters. The molecule has 4 nitrogen and oxygen atoms in total.